The lowest BCUT2D eigenvalue weighted by atomic mass is 9.98. The number of halogens is 1. The fourth-order valence-corrected chi connectivity index (χ4v) is 2.67. The maximum absolute atomic E-state index is 11.7. The molecule has 1 atom stereocenters. The van der Waals surface area contributed by atoms with Crippen LogP contribution >= 0.6 is 11.6 Å². The minimum Gasteiger partial charge on any atom is -0.444 e. The number of anilines is 1. The molecule has 1 aromatic rings. The first kappa shape index (κ1) is 16.1. The van der Waals surface area contributed by atoms with E-state index in [0.717, 1.165) is 19.5 Å². The van der Waals surface area contributed by atoms with Crippen LogP contribution in [0.15, 0.2) is 18.2 Å². The van der Waals surface area contributed by atoms with Crippen LogP contribution in [-0.2, 0) is 11.2 Å². The van der Waals surface area contributed by atoms with Gasteiger partial charge in [-0.15, -0.1) is 0 Å². The van der Waals surface area contributed by atoms with Gasteiger partial charge in [0.05, 0.1) is 10.7 Å². The second kappa shape index (κ2) is 6.67. The number of hydrogen-bond acceptors (Lipinski definition) is 3. The van der Waals surface area contributed by atoms with E-state index in [1.807, 2.05) is 39.0 Å². The van der Waals surface area contributed by atoms with E-state index in [1.165, 1.54) is 12.0 Å². The lowest BCUT2D eigenvalue weighted by molar-refractivity contribution is 0.0636. The van der Waals surface area contributed by atoms with Crippen molar-refractivity contribution in [3.05, 3.63) is 28.8 Å². The zero-order valence-electron chi connectivity index (χ0n) is 12.8. The molecular formula is C16H23ClN2O2. The molecule has 2 N–H and O–H groups in total. The van der Waals surface area contributed by atoms with E-state index in [2.05, 4.69) is 10.6 Å². The van der Waals surface area contributed by atoms with E-state index >= 15 is 0 Å². The molecule has 0 spiro atoms. The van der Waals surface area contributed by atoms with Gasteiger partial charge in [0.15, 0.2) is 0 Å². The van der Waals surface area contributed by atoms with Gasteiger partial charge < -0.3 is 10.1 Å². The lowest BCUT2D eigenvalue weighted by Gasteiger charge is -2.20. The van der Waals surface area contributed by atoms with Gasteiger partial charge in [0.2, 0.25) is 0 Å². The van der Waals surface area contributed by atoms with Crippen molar-refractivity contribution in [2.24, 2.45) is 5.92 Å². The van der Waals surface area contributed by atoms with Crippen molar-refractivity contribution in [2.45, 2.75) is 39.2 Å². The number of amides is 1. The van der Waals surface area contributed by atoms with Gasteiger partial charge in [0.25, 0.3) is 0 Å². The molecule has 4 nitrogen and oxygen atoms in total. The van der Waals surface area contributed by atoms with Crippen LogP contribution in [0.1, 0.15) is 32.8 Å². The highest BCUT2D eigenvalue weighted by atomic mass is 35.5. The van der Waals surface area contributed by atoms with E-state index in [4.69, 9.17) is 16.3 Å². The Bertz CT molecular complexity index is 505. The number of carbonyl (C=O) groups excluding carboxylic acids is 1. The van der Waals surface area contributed by atoms with E-state index < -0.39 is 11.7 Å². The van der Waals surface area contributed by atoms with Crippen molar-refractivity contribution in [2.75, 3.05) is 18.4 Å². The molecule has 0 aliphatic carbocycles. The molecule has 1 heterocycles. The number of carbonyl (C=O) groups is 1. The quantitative estimate of drug-likeness (QED) is 0.892. The Balaban J connectivity index is 1.96. The summed E-state index contributed by atoms with van der Waals surface area (Å²) in [6, 6.07) is 5.77. The number of benzene rings is 1. The monoisotopic (exact) mass is 310 g/mol. The third-order valence-electron chi connectivity index (χ3n) is 3.36. The summed E-state index contributed by atoms with van der Waals surface area (Å²) in [6.45, 7) is 7.64. The molecular weight excluding hydrogens is 288 g/mol. The Morgan fingerprint density at radius 3 is 2.81 bits per heavy atom. The SMILES string of the molecule is CC(C)(C)OC(=O)Nc1ccc(CC2CCNC2)cc1Cl. The molecule has 116 valence electrons. The predicted octanol–water partition coefficient (Wildman–Crippen LogP) is 3.84. The number of rotatable bonds is 3. The fourth-order valence-electron chi connectivity index (χ4n) is 2.42. The van der Waals surface area contributed by atoms with Crippen LogP contribution in [0, 0.1) is 5.92 Å². The van der Waals surface area contributed by atoms with Crippen molar-refractivity contribution in [1.82, 2.24) is 5.32 Å². The van der Waals surface area contributed by atoms with Gasteiger partial charge in [-0.3, -0.25) is 5.32 Å². The zero-order chi connectivity index (χ0) is 15.5. The molecule has 21 heavy (non-hydrogen) atoms. The Hall–Kier alpha value is -1.26. The first-order chi connectivity index (χ1) is 9.83. The average Bonchev–Trinajstić information content (AvgIpc) is 2.83. The molecule has 1 aliphatic rings. The lowest BCUT2D eigenvalue weighted by Crippen LogP contribution is -2.27. The van der Waals surface area contributed by atoms with E-state index in [1.54, 1.807) is 0 Å². The van der Waals surface area contributed by atoms with Crippen LogP contribution in [0.5, 0.6) is 0 Å². The highest BCUT2D eigenvalue weighted by Crippen LogP contribution is 2.26. The van der Waals surface area contributed by atoms with E-state index in [0.29, 0.717) is 16.6 Å². The molecule has 0 aromatic heterocycles. The van der Waals surface area contributed by atoms with E-state index in [-0.39, 0.29) is 0 Å². The smallest absolute Gasteiger partial charge is 0.412 e. The van der Waals surface area contributed by atoms with Crippen molar-refractivity contribution in [3.8, 4) is 0 Å². The molecule has 0 radical (unpaired) electrons. The van der Waals surface area contributed by atoms with Gasteiger partial charge in [0, 0.05) is 0 Å². The number of hydrogen-bond donors (Lipinski definition) is 2. The zero-order valence-corrected chi connectivity index (χ0v) is 13.6. The standard InChI is InChI=1S/C16H23ClN2O2/c1-16(2,3)21-15(20)19-14-5-4-11(9-13(14)17)8-12-6-7-18-10-12/h4-5,9,12,18H,6-8,10H2,1-3H3,(H,19,20). The Labute approximate surface area is 131 Å². The second-order valence-electron chi connectivity index (χ2n) is 6.50. The Kier molecular flexibility index (Phi) is 5.12. The summed E-state index contributed by atoms with van der Waals surface area (Å²) in [5, 5.41) is 6.59. The minimum atomic E-state index is -0.522. The number of nitrogens with one attached hydrogen (secondary N) is 2. The van der Waals surface area contributed by atoms with Crippen LogP contribution in [0.4, 0.5) is 10.5 Å². The number of ether oxygens (including phenoxy) is 1. The highest BCUT2D eigenvalue weighted by Gasteiger charge is 2.18. The topological polar surface area (TPSA) is 50.4 Å². The molecule has 1 unspecified atom stereocenters. The normalized spacial score (nSPS) is 18.6. The highest BCUT2D eigenvalue weighted by molar-refractivity contribution is 6.33. The molecule has 1 aromatic carbocycles. The second-order valence-corrected chi connectivity index (χ2v) is 6.91. The summed E-state index contributed by atoms with van der Waals surface area (Å²) in [4.78, 5) is 11.7. The van der Waals surface area contributed by atoms with Crippen LogP contribution in [0.3, 0.4) is 0 Å². The largest absolute Gasteiger partial charge is 0.444 e. The minimum absolute atomic E-state index is 0.489. The first-order valence-electron chi connectivity index (χ1n) is 7.32. The summed E-state index contributed by atoms with van der Waals surface area (Å²) >= 11 is 6.24. The molecule has 1 aliphatic heterocycles. The fraction of sp³-hybridized carbons (Fsp3) is 0.562. The summed E-state index contributed by atoms with van der Waals surface area (Å²) in [5.41, 5.74) is 1.26. The third-order valence-corrected chi connectivity index (χ3v) is 3.67. The van der Waals surface area contributed by atoms with Crippen LogP contribution in [-0.4, -0.2) is 24.8 Å². The molecule has 1 amide bonds. The van der Waals surface area contributed by atoms with E-state index in [9.17, 15) is 4.79 Å². The Morgan fingerprint density at radius 2 is 2.24 bits per heavy atom. The summed E-state index contributed by atoms with van der Waals surface area (Å²) in [5.74, 6) is 0.672. The Morgan fingerprint density at radius 1 is 1.48 bits per heavy atom. The van der Waals surface area contributed by atoms with Gasteiger partial charge in [-0.1, -0.05) is 17.7 Å². The van der Waals surface area contributed by atoms with Crippen molar-refractivity contribution in [3.63, 3.8) is 0 Å². The van der Waals surface area contributed by atoms with Gasteiger partial charge in [0.1, 0.15) is 5.60 Å². The molecule has 0 bridgehead atoms. The summed E-state index contributed by atoms with van der Waals surface area (Å²) in [6.07, 6.45) is 1.73. The maximum Gasteiger partial charge on any atom is 0.412 e. The van der Waals surface area contributed by atoms with Crippen molar-refractivity contribution >= 4 is 23.4 Å². The molecule has 2 rings (SSSR count). The maximum atomic E-state index is 11.7. The molecule has 1 saturated heterocycles. The van der Waals surface area contributed by atoms with Crippen molar-refractivity contribution < 1.29 is 9.53 Å². The van der Waals surface area contributed by atoms with Crippen LogP contribution in [0.2, 0.25) is 5.02 Å². The van der Waals surface area contributed by atoms with Crippen molar-refractivity contribution in [1.29, 1.82) is 0 Å². The average molecular weight is 311 g/mol. The van der Waals surface area contributed by atoms with Gasteiger partial charge in [-0.25, -0.2) is 4.79 Å². The summed E-state index contributed by atoms with van der Waals surface area (Å²) in [7, 11) is 0. The van der Waals surface area contributed by atoms with Crippen LogP contribution < -0.4 is 10.6 Å². The molecule has 5 heteroatoms. The van der Waals surface area contributed by atoms with Gasteiger partial charge in [-0.2, -0.15) is 0 Å². The van der Waals surface area contributed by atoms with Crippen LogP contribution in [0.25, 0.3) is 0 Å². The molecule has 1 fully saturated rings. The van der Waals surface area contributed by atoms with Gasteiger partial charge in [-0.05, 0) is 70.3 Å². The first-order valence-corrected chi connectivity index (χ1v) is 7.70. The third kappa shape index (κ3) is 5.21. The summed E-state index contributed by atoms with van der Waals surface area (Å²) < 4.78 is 5.22. The predicted molar refractivity (Wildman–Crippen MR) is 86.0 cm³/mol. The van der Waals surface area contributed by atoms with Gasteiger partial charge >= 0.3 is 6.09 Å². The molecule has 0 saturated carbocycles.